The summed E-state index contributed by atoms with van der Waals surface area (Å²) < 4.78 is 0. The quantitative estimate of drug-likeness (QED) is 0.629. The van der Waals surface area contributed by atoms with Crippen molar-refractivity contribution in [2.75, 3.05) is 0 Å². The molecule has 10 heavy (non-hydrogen) atoms. The van der Waals surface area contributed by atoms with Crippen molar-refractivity contribution in [2.45, 2.75) is 32.2 Å². The van der Waals surface area contributed by atoms with Crippen molar-refractivity contribution in [3.8, 4) is 0 Å². The molecule has 1 N–H and O–H groups in total. The van der Waals surface area contributed by atoms with Gasteiger partial charge in [0.15, 0.2) is 0 Å². The van der Waals surface area contributed by atoms with Crippen LogP contribution in [0, 0.1) is 0 Å². The number of rotatable bonds is 3. The van der Waals surface area contributed by atoms with Gasteiger partial charge in [-0.2, -0.15) is 0 Å². The highest BCUT2D eigenvalue weighted by atomic mass is 14.9. The Bertz CT molecular complexity index is 147. The van der Waals surface area contributed by atoms with Crippen LogP contribution in [0.15, 0.2) is 24.4 Å². The van der Waals surface area contributed by atoms with E-state index < -0.39 is 0 Å². The third-order valence-electron chi connectivity index (χ3n) is 1.85. The van der Waals surface area contributed by atoms with Gasteiger partial charge in [-0.1, -0.05) is 26.0 Å². The normalized spacial score (nSPS) is 23.7. The topological polar surface area (TPSA) is 12.0 Å². The van der Waals surface area contributed by atoms with E-state index in [1.165, 1.54) is 25.0 Å². The summed E-state index contributed by atoms with van der Waals surface area (Å²) in [6, 6.07) is 0.679. The van der Waals surface area contributed by atoms with E-state index in [9.17, 15) is 0 Å². The predicted octanol–water partition coefficient (Wildman–Crippen LogP) is 2.22. The number of nitrogens with one attached hydrogen (secondary N) is 1. The number of hydrogen-bond donors (Lipinski definition) is 1. The Labute approximate surface area is 62.8 Å². The van der Waals surface area contributed by atoms with Crippen molar-refractivity contribution in [2.24, 2.45) is 0 Å². The minimum Gasteiger partial charge on any atom is -0.382 e. The molecule has 0 spiro atoms. The largest absolute Gasteiger partial charge is 0.382 e. The first-order chi connectivity index (χ1) is 4.86. The van der Waals surface area contributed by atoms with E-state index in [-0.39, 0.29) is 0 Å². The Morgan fingerprint density at radius 2 is 2.70 bits per heavy atom. The third-order valence-corrected chi connectivity index (χ3v) is 1.85. The van der Waals surface area contributed by atoms with Crippen LogP contribution in [0.25, 0.3) is 0 Å². The lowest BCUT2D eigenvalue weighted by atomic mass is 10.1. The van der Waals surface area contributed by atoms with Crippen molar-refractivity contribution in [3.63, 3.8) is 0 Å². The van der Waals surface area contributed by atoms with E-state index in [0.29, 0.717) is 6.04 Å². The summed E-state index contributed by atoms with van der Waals surface area (Å²) in [5.41, 5.74) is 1.21. The second kappa shape index (κ2) is 3.45. The summed E-state index contributed by atoms with van der Waals surface area (Å²) in [5, 5.41) is 3.38. The van der Waals surface area contributed by atoms with Crippen LogP contribution >= 0.6 is 0 Å². The zero-order valence-corrected chi connectivity index (χ0v) is 6.56. The average molecular weight is 137 g/mol. The monoisotopic (exact) mass is 137 g/mol. The second-order valence-electron chi connectivity index (χ2n) is 2.73. The molecule has 56 valence electrons. The molecule has 0 aromatic heterocycles. The van der Waals surface area contributed by atoms with E-state index >= 15 is 0 Å². The first-order valence-electron chi connectivity index (χ1n) is 3.96. The minimum atomic E-state index is 0.679. The molecule has 0 amide bonds. The molecule has 1 unspecified atom stereocenters. The van der Waals surface area contributed by atoms with Crippen LogP contribution in [0.2, 0.25) is 0 Å². The number of allylic oxidation sites excluding steroid dienone is 1. The zero-order chi connectivity index (χ0) is 7.40. The Morgan fingerprint density at radius 1 is 1.90 bits per heavy atom. The molecule has 1 heterocycles. The van der Waals surface area contributed by atoms with Gasteiger partial charge in [-0.3, -0.25) is 0 Å². The van der Waals surface area contributed by atoms with E-state index in [0.717, 1.165) is 0 Å². The fourth-order valence-corrected chi connectivity index (χ4v) is 1.30. The van der Waals surface area contributed by atoms with Crippen LogP contribution in [0.1, 0.15) is 26.2 Å². The van der Waals surface area contributed by atoms with Gasteiger partial charge >= 0.3 is 0 Å². The molecule has 1 heteroatoms. The summed E-state index contributed by atoms with van der Waals surface area (Å²) in [7, 11) is 0. The highest BCUT2D eigenvalue weighted by Crippen LogP contribution is 2.13. The predicted molar refractivity (Wildman–Crippen MR) is 44.7 cm³/mol. The molecule has 1 atom stereocenters. The molecule has 1 aliphatic rings. The van der Waals surface area contributed by atoms with E-state index in [2.05, 4.69) is 24.9 Å². The zero-order valence-electron chi connectivity index (χ0n) is 6.56. The van der Waals surface area contributed by atoms with E-state index in [4.69, 9.17) is 0 Å². The van der Waals surface area contributed by atoms with Crippen LogP contribution in [0.5, 0.6) is 0 Å². The van der Waals surface area contributed by atoms with Crippen LogP contribution < -0.4 is 5.32 Å². The lowest BCUT2D eigenvalue weighted by Gasteiger charge is -2.09. The molecular formula is C9H15N. The maximum Gasteiger partial charge on any atom is 0.0296 e. The van der Waals surface area contributed by atoms with Gasteiger partial charge < -0.3 is 5.32 Å². The fourth-order valence-electron chi connectivity index (χ4n) is 1.30. The van der Waals surface area contributed by atoms with Crippen LogP contribution in [-0.2, 0) is 0 Å². The van der Waals surface area contributed by atoms with Gasteiger partial charge in [0.05, 0.1) is 0 Å². The summed E-state index contributed by atoms with van der Waals surface area (Å²) in [5.74, 6) is 0. The molecule has 0 aromatic rings. The number of hydrogen-bond acceptors (Lipinski definition) is 1. The summed E-state index contributed by atoms with van der Waals surface area (Å²) >= 11 is 0. The molecule has 0 fully saturated rings. The van der Waals surface area contributed by atoms with Crippen molar-refractivity contribution in [1.82, 2.24) is 5.32 Å². The van der Waals surface area contributed by atoms with Gasteiger partial charge in [0.25, 0.3) is 0 Å². The van der Waals surface area contributed by atoms with Crippen molar-refractivity contribution < 1.29 is 0 Å². The smallest absolute Gasteiger partial charge is 0.0296 e. The third kappa shape index (κ3) is 1.63. The summed E-state index contributed by atoms with van der Waals surface area (Å²) in [6.07, 6.45) is 7.81. The standard InChI is InChI=1S/C9H15N/c1-3-5-9-7-6-8(4-2)10-9/h4,6,9-10H,2-3,5,7H2,1H3. The minimum absolute atomic E-state index is 0.679. The van der Waals surface area contributed by atoms with E-state index in [1.807, 2.05) is 6.08 Å². The van der Waals surface area contributed by atoms with E-state index in [1.54, 1.807) is 0 Å². The van der Waals surface area contributed by atoms with Gasteiger partial charge in [-0.05, 0) is 18.9 Å². The highest BCUT2D eigenvalue weighted by Gasteiger charge is 2.11. The fraction of sp³-hybridized carbons (Fsp3) is 0.556. The van der Waals surface area contributed by atoms with Gasteiger partial charge in [-0.25, -0.2) is 0 Å². The first-order valence-corrected chi connectivity index (χ1v) is 3.96. The second-order valence-corrected chi connectivity index (χ2v) is 2.73. The highest BCUT2D eigenvalue weighted by molar-refractivity contribution is 5.19. The van der Waals surface area contributed by atoms with Gasteiger partial charge in [0, 0.05) is 11.7 Å². The lowest BCUT2D eigenvalue weighted by Crippen LogP contribution is -2.21. The Balaban J connectivity index is 2.29. The first kappa shape index (κ1) is 7.39. The molecule has 0 aromatic carbocycles. The molecule has 0 aliphatic carbocycles. The molecular weight excluding hydrogens is 122 g/mol. The lowest BCUT2D eigenvalue weighted by molar-refractivity contribution is 0.560. The Hall–Kier alpha value is -0.720. The van der Waals surface area contributed by atoms with Crippen molar-refractivity contribution >= 4 is 0 Å². The molecule has 0 saturated carbocycles. The summed E-state index contributed by atoms with van der Waals surface area (Å²) in [4.78, 5) is 0. The van der Waals surface area contributed by atoms with Gasteiger partial charge in [0.1, 0.15) is 0 Å². The molecule has 1 rings (SSSR count). The average Bonchev–Trinajstić information content (AvgIpc) is 2.37. The Kier molecular flexibility index (Phi) is 2.55. The summed E-state index contributed by atoms with van der Waals surface area (Å²) in [6.45, 7) is 5.92. The molecule has 0 bridgehead atoms. The molecule has 0 saturated heterocycles. The van der Waals surface area contributed by atoms with Crippen molar-refractivity contribution in [1.29, 1.82) is 0 Å². The molecule has 1 nitrogen and oxygen atoms in total. The van der Waals surface area contributed by atoms with Gasteiger partial charge in [0.2, 0.25) is 0 Å². The Morgan fingerprint density at radius 3 is 3.20 bits per heavy atom. The van der Waals surface area contributed by atoms with Crippen LogP contribution in [-0.4, -0.2) is 6.04 Å². The van der Waals surface area contributed by atoms with Gasteiger partial charge in [-0.15, -0.1) is 0 Å². The van der Waals surface area contributed by atoms with Crippen LogP contribution in [0.4, 0.5) is 0 Å². The van der Waals surface area contributed by atoms with Crippen LogP contribution in [0.3, 0.4) is 0 Å². The van der Waals surface area contributed by atoms with Crippen molar-refractivity contribution in [3.05, 3.63) is 24.4 Å². The molecule has 0 radical (unpaired) electrons. The molecule has 1 aliphatic heterocycles. The maximum absolute atomic E-state index is 3.71. The maximum atomic E-state index is 3.71. The SMILES string of the molecule is C=CC1=CCC(CCC)N1.